The van der Waals surface area contributed by atoms with Gasteiger partial charge < -0.3 is 9.64 Å². The van der Waals surface area contributed by atoms with Crippen molar-refractivity contribution in [1.29, 1.82) is 0 Å². The van der Waals surface area contributed by atoms with Gasteiger partial charge in [-0.3, -0.25) is 9.59 Å². The van der Waals surface area contributed by atoms with Crippen LogP contribution in [0.2, 0.25) is 0 Å². The molecule has 7 nitrogen and oxygen atoms in total. The number of esters is 1. The number of carbonyl (C=O) groups excluding carboxylic acids is 2. The van der Waals surface area contributed by atoms with E-state index in [-0.39, 0.29) is 5.69 Å². The van der Waals surface area contributed by atoms with Gasteiger partial charge >= 0.3 is 5.97 Å². The highest BCUT2D eigenvalue weighted by atomic mass is 19.1. The van der Waals surface area contributed by atoms with Crippen molar-refractivity contribution < 1.29 is 18.7 Å². The summed E-state index contributed by atoms with van der Waals surface area (Å²) in [5, 5.41) is 4.02. The summed E-state index contributed by atoms with van der Waals surface area (Å²) >= 11 is 0. The number of hydrogen-bond donors (Lipinski definition) is 0. The third kappa shape index (κ3) is 4.27. The number of amides is 1. The molecule has 0 saturated heterocycles. The van der Waals surface area contributed by atoms with E-state index in [1.165, 1.54) is 43.3 Å². The minimum Gasteiger partial charge on any atom is -0.442 e. The molecule has 0 N–H and O–H groups in total. The average molecular weight is 409 g/mol. The van der Waals surface area contributed by atoms with Crippen LogP contribution in [0.3, 0.4) is 0 Å². The second-order valence-electron chi connectivity index (χ2n) is 6.79. The molecular formula is C22H20FN3O4. The minimum absolute atomic E-state index is 0.0769. The second kappa shape index (κ2) is 8.69. The molecule has 0 fully saturated rings. The Morgan fingerprint density at radius 2 is 1.70 bits per heavy atom. The van der Waals surface area contributed by atoms with Gasteiger partial charge in [0.25, 0.3) is 5.91 Å². The highest BCUT2D eigenvalue weighted by molar-refractivity contribution is 5.91. The summed E-state index contributed by atoms with van der Waals surface area (Å²) in [5.74, 6) is -2.12. The summed E-state index contributed by atoms with van der Waals surface area (Å²) in [4.78, 5) is 39.1. The van der Waals surface area contributed by atoms with E-state index in [2.05, 4.69) is 5.10 Å². The van der Waals surface area contributed by atoms with Crippen LogP contribution in [0.1, 0.15) is 27.8 Å². The maximum absolute atomic E-state index is 14.2. The molecule has 0 spiro atoms. The van der Waals surface area contributed by atoms with Gasteiger partial charge in [-0.2, -0.15) is 5.10 Å². The summed E-state index contributed by atoms with van der Waals surface area (Å²) in [6, 6.07) is 15.4. The first-order valence-corrected chi connectivity index (χ1v) is 9.12. The van der Waals surface area contributed by atoms with E-state index < -0.39 is 34.9 Å². The molecule has 0 bridgehead atoms. The Balaban J connectivity index is 2.01. The van der Waals surface area contributed by atoms with Crippen molar-refractivity contribution >= 4 is 11.9 Å². The predicted molar refractivity (Wildman–Crippen MR) is 108 cm³/mol. The highest BCUT2D eigenvalue weighted by Gasteiger charge is 2.29. The lowest BCUT2D eigenvalue weighted by atomic mass is 10.1. The Kier molecular flexibility index (Phi) is 6.06. The molecule has 1 atom stereocenters. The number of nitrogens with zero attached hydrogens (tertiary/aromatic N) is 3. The average Bonchev–Trinajstić information content (AvgIpc) is 2.72. The van der Waals surface area contributed by atoms with Crippen LogP contribution in [-0.4, -0.2) is 40.7 Å². The molecule has 3 aromatic rings. The Hall–Kier alpha value is -3.81. The SMILES string of the molecule is Cc1cc(=O)c(C(=O)OC(C(=O)N(C)C)c2ccccc2)nn1-c1ccccc1F. The zero-order valence-corrected chi connectivity index (χ0v) is 16.7. The van der Waals surface area contributed by atoms with Crippen molar-refractivity contribution in [3.8, 4) is 5.69 Å². The second-order valence-corrected chi connectivity index (χ2v) is 6.79. The highest BCUT2D eigenvalue weighted by Crippen LogP contribution is 2.21. The fourth-order valence-corrected chi connectivity index (χ4v) is 2.84. The van der Waals surface area contributed by atoms with Crippen molar-refractivity contribution in [3.05, 3.63) is 93.7 Å². The Morgan fingerprint density at radius 3 is 2.33 bits per heavy atom. The number of hydrogen-bond acceptors (Lipinski definition) is 5. The molecule has 0 saturated carbocycles. The quantitative estimate of drug-likeness (QED) is 0.605. The van der Waals surface area contributed by atoms with Crippen LogP contribution in [0.25, 0.3) is 5.69 Å². The van der Waals surface area contributed by atoms with Gasteiger partial charge in [0, 0.05) is 31.4 Å². The number of benzene rings is 2. The minimum atomic E-state index is -1.25. The first kappa shape index (κ1) is 20.9. The molecule has 1 heterocycles. The lowest BCUT2D eigenvalue weighted by Gasteiger charge is -2.21. The van der Waals surface area contributed by atoms with Crippen LogP contribution in [0, 0.1) is 12.7 Å². The van der Waals surface area contributed by atoms with Gasteiger partial charge in [0.05, 0.1) is 0 Å². The summed E-state index contributed by atoms with van der Waals surface area (Å²) in [7, 11) is 3.06. The lowest BCUT2D eigenvalue weighted by molar-refractivity contribution is -0.138. The monoisotopic (exact) mass is 409 g/mol. The number of ether oxygens (including phenoxy) is 1. The third-order valence-electron chi connectivity index (χ3n) is 4.37. The van der Waals surface area contributed by atoms with Crippen molar-refractivity contribution in [2.24, 2.45) is 0 Å². The molecule has 30 heavy (non-hydrogen) atoms. The maximum atomic E-state index is 14.2. The molecule has 1 amide bonds. The zero-order valence-electron chi connectivity index (χ0n) is 16.7. The van der Waals surface area contributed by atoms with Gasteiger partial charge in [-0.15, -0.1) is 0 Å². The first-order valence-electron chi connectivity index (χ1n) is 9.12. The largest absolute Gasteiger partial charge is 0.442 e. The van der Waals surface area contributed by atoms with Crippen LogP contribution in [0.4, 0.5) is 4.39 Å². The molecule has 2 aromatic carbocycles. The van der Waals surface area contributed by atoms with Crippen molar-refractivity contribution in [3.63, 3.8) is 0 Å². The van der Waals surface area contributed by atoms with Crippen molar-refractivity contribution in [1.82, 2.24) is 14.7 Å². The fourth-order valence-electron chi connectivity index (χ4n) is 2.84. The van der Waals surface area contributed by atoms with E-state index in [4.69, 9.17) is 4.74 Å². The normalized spacial score (nSPS) is 11.6. The van der Waals surface area contributed by atoms with E-state index >= 15 is 0 Å². The summed E-state index contributed by atoms with van der Waals surface area (Å²) < 4.78 is 20.7. The molecule has 3 rings (SSSR count). The first-order chi connectivity index (χ1) is 14.3. The zero-order chi connectivity index (χ0) is 21.8. The molecule has 0 radical (unpaired) electrons. The molecule has 1 unspecified atom stereocenters. The Bertz CT molecular complexity index is 1140. The number of aromatic nitrogens is 2. The molecular weight excluding hydrogens is 389 g/mol. The number of aryl methyl sites for hydroxylation is 1. The van der Waals surface area contributed by atoms with Gasteiger partial charge in [-0.25, -0.2) is 13.9 Å². The summed E-state index contributed by atoms with van der Waals surface area (Å²) in [6.07, 6.45) is -1.25. The number of halogens is 1. The van der Waals surface area contributed by atoms with Crippen LogP contribution in [0.15, 0.2) is 65.5 Å². The number of carbonyl (C=O) groups is 2. The molecule has 0 aliphatic heterocycles. The van der Waals surface area contributed by atoms with Gasteiger partial charge in [-0.1, -0.05) is 42.5 Å². The van der Waals surface area contributed by atoms with Crippen molar-refractivity contribution in [2.75, 3.05) is 14.1 Å². The predicted octanol–water partition coefficient (Wildman–Crippen LogP) is 2.67. The van der Waals surface area contributed by atoms with E-state index in [0.29, 0.717) is 11.3 Å². The van der Waals surface area contributed by atoms with Crippen LogP contribution < -0.4 is 5.43 Å². The van der Waals surface area contributed by atoms with E-state index in [0.717, 1.165) is 4.68 Å². The van der Waals surface area contributed by atoms with Gasteiger partial charge in [0.1, 0.15) is 11.5 Å². The van der Waals surface area contributed by atoms with Gasteiger partial charge in [-0.05, 0) is 19.1 Å². The number of rotatable bonds is 5. The topological polar surface area (TPSA) is 81.5 Å². The Morgan fingerprint density at radius 1 is 1.07 bits per heavy atom. The Labute approximate surface area is 172 Å². The number of likely N-dealkylation sites (N-methyl/N-ethyl adjacent to an activating group) is 1. The maximum Gasteiger partial charge on any atom is 0.364 e. The van der Waals surface area contributed by atoms with E-state index in [1.54, 1.807) is 43.3 Å². The molecule has 0 aliphatic carbocycles. The summed E-state index contributed by atoms with van der Waals surface area (Å²) in [6.45, 7) is 1.57. The third-order valence-corrected chi connectivity index (χ3v) is 4.37. The standard InChI is InChI=1S/C22H20FN3O4/c1-14-13-18(27)19(24-26(14)17-12-8-7-11-16(17)23)22(29)30-20(21(28)25(2)3)15-9-5-4-6-10-15/h4-13,20H,1-3H3. The number of para-hydroxylation sites is 1. The van der Waals surface area contributed by atoms with E-state index in [1.807, 2.05) is 0 Å². The smallest absolute Gasteiger partial charge is 0.364 e. The van der Waals surface area contributed by atoms with Gasteiger partial charge in [0.15, 0.2) is 0 Å². The van der Waals surface area contributed by atoms with E-state index in [9.17, 15) is 18.8 Å². The summed E-state index contributed by atoms with van der Waals surface area (Å²) in [5.41, 5.74) is -0.365. The molecule has 0 aliphatic rings. The molecule has 8 heteroatoms. The lowest BCUT2D eigenvalue weighted by Crippen LogP contribution is -2.33. The molecule has 154 valence electrons. The molecule has 1 aromatic heterocycles. The van der Waals surface area contributed by atoms with Crippen molar-refractivity contribution in [2.45, 2.75) is 13.0 Å². The van der Waals surface area contributed by atoms with Crippen LogP contribution in [-0.2, 0) is 9.53 Å². The van der Waals surface area contributed by atoms with Crippen LogP contribution in [0.5, 0.6) is 0 Å². The fraction of sp³-hybridized carbons (Fsp3) is 0.182. The van der Waals surface area contributed by atoms with Crippen LogP contribution >= 0.6 is 0 Å². The van der Waals surface area contributed by atoms with Gasteiger partial charge in [0.2, 0.25) is 17.2 Å².